The molecule has 0 rings (SSSR count). The van der Waals surface area contributed by atoms with E-state index in [4.69, 9.17) is 17.0 Å². The first-order valence-electron chi connectivity index (χ1n) is 2.01. The molecule has 0 unspecified atom stereocenters. The van der Waals surface area contributed by atoms with Gasteiger partial charge >= 0.3 is 0 Å². The molecule has 8 heavy (non-hydrogen) atoms. The van der Waals surface area contributed by atoms with E-state index in [1.54, 1.807) is 0 Å². The first kappa shape index (κ1) is 6.68. The van der Waals surface area contributed by atoms with E-state index >= 15 is 0 Å². The lowest BCUT2D eigenvalue weighted by Crippen LogP contribution is -2.09. The van der Waals surface area contributed by atoms with Crippen molar-refractivity contribution in [1.29, 1.82) is 5.41 Å². The summed E-state index contributed by atoms with van der Waals surface area (Å²) >= 11 is 0. The van der Waals surface area contributed by atoms with Crippen LogP contribution in [-0.4, -0.2) is 12.1 Å². The molecule has 0 aliphatic rings. The molecule has 0 aromatic rings. The van der Waals surface area contributed by atoms with Gasteiger partial charge in [0.1, 0.15) is 5.84 Å². The minimum absolute atomic E-state index is 0.216. The van der Waals surface area contributed by atoms with Crippen LogP contribution in [0.1, 0.15) is 0 Å². The zero-order valence-electron chi connectivity index (χ0n) is 4.33. The second-order valence-electron chi connectivity index (χ2n) is 1.08. The maximum atomic E-state index is 6.51. The van der Waals surface area contributed by atoms with E-state index in [1.807, 2.05) is 0 Å². The van der Waals surface area contributed by atoms with Gasteiger partial charge < -0.3 is 17.0 Å². The molecule has 0 radical (unpaired) electrons. The van der Waals surface area contributed by atoms with Crippen molar-refractivity contribution >= 4 is 12.1 Å². The van der Waals surface area contributed by atoms with E-state index in [1.165, 1.54) is 12.2 Å². The molecular weight excluding hydrogens is 104 g/mol. The highest BCUT2D eigenvalue weighted by Crippen LogP contribution is 1.65. The molecule has 0 spiro atoms. The predicted octanol–water partition coefficient (Wildman–Crippen LogP) is -0.577. The Labute approximate surface area is 47.4 Å². The van der Waals surface area contributed by atoms with E-state index in [9.17, 15) is 0 Å². The summed E-state index contributed by atoms with van der Waals surface area (Å²) in [5, 5.41) is 9.64. The van der Waals surface area contributed by atoms with Gasteiger partial charge in [0.05, 0.1) is 0 Å². The van der Waals surface area contributed by atoms with Crippen LogP contribution in [0.5, 0.6) is 0 Å². The standard InChI is InChI=1S/C4H8N4/c5-3-1-2-4(6)8-7/h1-3,5H,7H2,(H2,6,8)/b2-1-,5-3?. The SMILES string of the molecule is N=C/C=C\C(N)=N\N. The number of nitrogens with one attached hydrogen (secondary N) is 1. The van der Waals surface area contributed by atoms with Crippen LogP contribution in [0.25, 0.3) is 0 Å². The highest BCUT2D eigenvalue weighted by Gasteiger charge is 1.74. The molecule has 0 bridgehead atoms. The second-order valence-corrected chi connectivity index (χ2v) is 1.08. The summed E-state index contributed by atoms with van der Waals surface area (Å²) in [5.41, 5.74) is 5.09. The zero-order chi connectivity index (χ0) is 6.41. The van der Waals surface area contributed by atoms with Gasteiger partial charge in [0.25, 0.3) is 0 Å². The third-order valence-electron chi connectivity index (χ3n) is 0.512. The van der Waals surface area contributed by atoms with Crippen LogP contribution in [0.2, 0.25) is 0 Å². The Hall–Kier alpha value is -1.32. The number of nitrogens with zero attached hydrogens (tertiary/aromatic N) is 1. The Morgan fingerprint density at radius 1 is 1.62 bits per heavy atom. The average molecular weight is 112 g/mol. The molecule has 0 aliphatic carbocycles. The van der Waals surface area contributed by atoms with E-state index in [0.29, 0.717) is 0 Å². The maximum Gasteiger partial charge on any atom is 0.143 e. The lowest BCUT2D eigenvalue weighted by molar-refractivity contribution is 1.24. The molecule has 0 atom stereocenters. The lowest BCUT2D eigenvalue weighted by Gasteiger charge is -1.81. The molecule has 0 amide bonds. The topological polar surface area (TPSA) is 88.2 Å². The van der Waals surface area contributed by atoms with Crippen molar-refractivity contribution in [2.75, 3.05) is 0 Å². The number of allylic oxidation sites excluding steroid dienone is 1. The molecule has 0 aromatic carbocycles. The third kappa shape index (κ3) is 2.89. The molecule has 0 aliphatic heterocycles. The fourth-order valence-electron chi connectivity index (χ4n) is 0.190. The van der Waals surface area contributed by atoms with Gasteiger partial charge in [0, 0.05) is 6.21 Å². The molecule has 0 fully saturated rings. The van der Waals surface area contributed by atoms with Crippen molar-refractivity contribution in [2.24, 2.45) is 16.7 Å². The van der Waals surface area contributed by atoms with E-state index in [0.717, 1.165) is 6.21 Å². The Balaban J connectivity index is 3.69. The van der Waals surface area contributed by atoms with Crippen molar-refractivity contribution in [2.45, 2.75) is 0 Å². The summed E-state index contributed by atoms with van der Waals surface area (Å²) in [6, 6.07) is 0. The van der Waals surface area contributed by atoms with Gasteiger partial charge in [-0.25, -0.2) is 0 Å². The fourth-order valence-corrected chi connectivity index (χ4v) is 0.190. The van der Waals surface area contributed by atoms with Gasteiger partial charge in [-0.1, -0.05) is 0 Å². The van der Waals surface area contributed by atoms with Gasteiger partial charge in [-0.15, -0.1) is 0 Å². The molecule has 0 heterocycles. The molecule has 4 heteroatoms. The fraction of sp³-hybridized carbons (Fsp3) is 0. The molecular formula is C4H8N4. The van der Waals surface area contributed by atoms with Gasteiger partial charge in [-0.3, -0.25) is 0 Å². The van der Waals surface area contributed by atoms with Crippen molar-refractivity contribution in [3.05, 3.63) is 12.2 Å². The number of hydrogen-bond acceptors (Lipinski definition) is 3. The van der Waals surface area contributed by atoms with Crippen LogP contribution in [0.3, 0.4) is 0 Å². The average Bonchev–Trinajstić information content (AvgIpc) is 1.83. The number of rotatable bonds is 2. The summed E-state index contributed by atoms with van der Waals surface area (Å²) in [4.78, 5) is 0. The van der Waals surface area contributed by atoms with Crippen molar-refractivity contribution in [1.82, 2.24) is 0 Å². The Bertz CT molecular complexity index is 124. The first-order chi connectivity index (χ1) is 3.81. The summed E-state index contributed by atoms with van der Waals surface area (Å²) in [5.74, 6) is 4.97. The van der Waals surface area contributed by atoms with Crippen molar-refractivity contribution < 1.29 is 0 Å². The smallest absolute Gasteiger partial charge is 0.143 e. The van der Waals surface area contributed by atoms with Crippen LogP contribution in [0.15, 0.2) is 17.3 Å². The Kier molecular flexibility index (Phi) is 3.22. The van der Waals surface area contributed by atoms with Gasteiger partial charge in [0.2, 0.25) is 0 Å². The zero-order valence-corrected chi connectivity index (χ0v) is 4.33. The van der Waals surface area contributed by atoms with Crippen LogP contribution in [0.4, 0.5) is 0 Å². The van der Waals surface area contributed by atoms with Gasteiger partial charge in [-0.2, -0.15) is 5.10 Å². The van der Waals surface area contributed by atoms with E-state index in [2.05, 4.69) is 5.10 Å². The van der Waals surface area contributed by atoms with E-state index in [-0.39, 0.29) is 5.84 Å². The molecule has 0 saturated heterocycles. The minimum Gasteiger partial charge on any atom is -0.382 e. The Morgan fingerprint density at radius 2 is 2.25 bits per heavy atom. The maximum absolute atomic E-state index is 6.51. The molecule has 0 aromatic heterocycles. The number of nitrogens with two attached hydrogens (primary N) is 2. The monoisotopic (exact) mass is 112 g/mol. The van der Waals surface area contributed by atoms with Crippen molar-refractivity contribution in [3.63, 3.8) is 0 Å². The second kappa shape index (κ2) is 3.86. The number of amidine groups is 1. The van der Waals surface area contributed by atoms with E-state index < -0.39 is 0 Å². The molecule has 4 nitrogen and oxygen atoms in total. The number of hydrogen-bond donors (Lipinski definition) is 3. The Morgan fingerprint density at radius 3 is 2.62 bits per heavy atom. The van der Waals surface area contributed by atoms with Crippen molar-refractivity contribution in [3.8, 4) is 0 Å². The van der Waals surface area contributed by atoms with Crippen LogP contribution >= 0.6 is 0 Å². The lowest BCUT2D eigenvalue weighted by atomic mass is 10.5. The number of hydrazone groups is 1. The summed E-state index contributed by atoms with van der Waals surface area (Å²) in [6.45, 7) is 0. The van der Waals surface area contributed by atoms with Crippen LogP contribution in [-0.2, 0) is 0 Å². The normalized spacial score (nSPS) is 12.2. The minimum atomic E-state index is 0.216. The van der Waals surface area contributed by atoms with Gasteiger partial charge in [0.15, 0.2) is 0 Å². The predicted molar refractivity (Wildman–Crippen MR) is 33.7 cm³/mol. The highest BCUT2D eigenvalue weighted by molar-refractivity contribution is 5.94. The van der Waals surface area contributed by atoms with Crippen LogP contribution in [0, 0.1) is 5.41 Å². The van der Waals surface area contributed by atoms with Crippen LogP contribution < -0.4 is 11.6 Å². The first-order valence-corrected chi connectivity index (χ1v) is 2.01. The quantitative estimate of drug-likeness (QED) is 0.193. The largest absolute Gasteiger partial charge is 0.382 e. The molecule has 5 N–H and O–H groups in total. The summed E-state index contributed by atoms with van der Waals surface area (Å²) < 4.78 is 0. The molecule has 0 saturated carbocycles. The molecule has 44 valence electrons. The third-order valence-corrected chi connectivity index (χ3v) is 0.512. The highest BCUT2D eigenvalue weighted by atomic mass is 15.1. The summed E-state index contributed by atoms with van der Waals surface area (Å²) in [6.07, 6.45) is 3.97. The van der Waals surface area contributed by atoms with Gasteiger partial charge in [-0.05, 0) is 12.2 Å². The summed E-state index contributed by atoms with van der Waals surface area (Å²) in [7, 11) is 0.